The zero-order valence-electron chi connectivity index (χ0n) is 22.7. The number of carbonyl (C=O) groups is 2. The Morgan fingerprint density at radius 2 is 1.55 bits per heavy atom. The summed E-state index contributed by atoms with van der Waals surface area (Å²) in [6.45, 7) is 7.34. The summed E-state index contributed by atoms with van der Waals surface area (Å²) in [5, 5.41) is 3.52. The summed E-state index contributed by atoms with van der Waals surface area (Å²) in [5.41, 5.74) is 1.85. The van der Waals surface area contributed by atoms with Gasteiger partial charge in [0.25, 0.3) is 10.0 Å². The first-order chi connectivity index (χ1) is 18.8. The predicted molar refractivity (Wildman–Crippen MR) is 164 cm³/mol. The molecule has 0 radical (unpaired) electrons. The Morgan fingerprint density at radius 1 is 0.925 bits per heavy atom. The van der Waals surface area contributed by atoms with Crippen LogP contribution in [0, 0.1) is 12.8 Å². The maximum absolute atomic E-state index is 13.9. The third-order valence-electron chi connectivity index (χ3n) is 6.19. The van der Waals surface area contributed by atoms with Crippen molar-refractivity contribution in [2.24, 2.45) is 5.92 Å². The van der Waals surface area contributed by atoms with Crippen LogP contribution in [-0.4, -0.2) is 44.3 Å². The molecule has 1 N–H and O–H groups in total. The highest BCUT2D eigenvalue weighted by atomic mass is 79.9. The molecule has 0 aliphatic rings. The molecule has 1 atom stereocenters. The normalized spacial score (nSPS) is 12.2. The van der Waals surface area contributed by atoms with Crippen LogP contribution in [0.4, 0.5) is 5.69 Å². The molecule has 0 aliphatic heterocycles. The summed E-state index contributed by atoms with van der Waals surface area (Å²) in [6, 6.07) is 17.1. The van der Waals surface area contributed by atoms with Gasteiger partial charge in [0.2, 0.25) is 11.8 Å². The smallest absolute Gasteiger partial charge is 0.264 e. The van der Waals surface area contributed by atoms with E-state index in [0.717, 1.165) is 14.3 Å². The number of anilines is 1. The van der Waals surface area contributed by atoms with E-state index in [0.29, 0.717) is 27.8 Å². The summed E-state index contributed by atoms with van der Waals surface area (Å²) in [4.78, 5) is 28.4. The van der Waals surface area contributed by atoms with Crippen molar-refractivity contribution < 1.29 is 18.0 Å². The van der Waals surface area contributed by atoms with E-state index in [4.69, 9.17) is 23.2 Å². The van der Waals surface area contributed by atoms with E-state index in [-0.39, 0.29) is 23.3 Å². The molecule has 214 valence electrons. The molecule has 3 aromatic carbocycles. The highest BCUT2D eigenvalue weighted by molar-refractivity contribution is 9.10. The van der Waals surface area contributed by atoms with Crippen molar-refractivity contribution in [2.45, 2.75) is 45.2 Å². The fourth-order valence-corrected chi connectivity index (χ4v) is 5.84. The van der Waals surface area contributed by atoms with E-state index >= 15 is 0 Å². The maximum atomic E-state index is 13.9. The van der Waals surface area contributed by atoms with Crippen molar-refractivity contribution in [3.05, 3.63) is 92.4 Å². The van der Waals surface area contributed by atoms with E-state index in [1.807, 2.05) is 20.8 Å². The summed E-state index contributed by atoms with van der Waals surface area (Å²) >= 11 is 15.7. The summed E-state index contributed by atoms with van der Waals surface area (Å²) in [6.07, 6.45) is 0. The molecule has 0 unspecified atom stereocenters. The molecule has 0 spiro atoms. The Bertz CT molecular complexity index is 1450. The number of benzene rings is 3. The van der Waals surface area contributed by atoms with Crippen LogP contribution < -0.4 is 9.62 Å². The van der Waals surface area contributed by atoms with Gasteiger partial charge in [-0.05, 0) is 73.9 Å². The van der Waals surface area contributed by atoms with Crippen molar-refractivity contribution in [3.8, 4) is 0 Å². The van der Waals surface area contributed by atoms with Crippen molar-refractivity contribution in [3.63, 3.8) is 0 Å². The Kier molecular flexibility index (Phi) is 11.1. The molecule has 7 nitrogen and oxygen atoms in total. The van der Waals surface area contributed by atoms with Gasteiger partial charge in [-0.2, -0.15) is 0 Å². The van der Waals surface area contributed by atoms with Crippen LogP contribution in [0.2, 0.25) is 10.0 Å². The molecule has 3 rings (SSSR count). The molecule has 0 aromatic heterocycles. The lowest BCUT2D eigenvalue weighted by molar-refractivity contribution is -0.139. The Balaban J connectivity index is 2.02. The first-order valence-corrected chi connectivity index (χ1v) is 15.6. The zero-order valence-corrected chi connectivity index (χ0v) is 26.6. The summed E-state index contributed by atoms with van der Waals surface area (Å²) < 4.78 is 29.5. The zero-order chi connectivity index (χ0) is 29.6. The topological polar surface area (TPSA) is 86.8 Å². The molecule has 40 heavy (non-hydrogen) atoms. The fraction of sp³-hybridized carbons (Fsp3) is 0.310. The Hall–Kier alpha value is -2.59. The molecule has 0 saturated carbocycles. The number of nitrogens with zero attached hydrogens (tertiary/aromatic N) is 2. The van der Waals surface area contributed by atoms with Crippen molar-refractivity contribution in [1.29, 1.82) is 0 Å². The molecule has 0 aliphatic carbocycles. The number of carbonyl (C=O) groups excluding carboxylic acids is 2. The molecular weight excluding hydrogens is 637 g/mol. The van der Waals surface area contributed by atoms with E-state index in [9.17, 15) is 18.0 Å². The molecule has 0 saturated heterocycles. The van der Waals surface area contributed by atoms with Gasteiger partial charge in [-0.15, -0.1) is 0 Å². The van der Waals surface area contributed by atoms with Gasteiger partial charge < -0.3 is 10.2 Å². The van der Waals surface area contributed by atoms with Crippen LogP contribution in [0.5, 0.6) is 0 Å². The molecule has 2 amide bonds. The first kappa shape index (κ1) is 31.9. The minimum Gasteiger partial charge on any atom is -0.354 e. The Morgan fingerprint density at radius 3 is 2.12 bits per heavy atom. The van der Waals surface area contributed by atoms with Crippen molar-refractivity contribution in [1.82, 2.24) is 10.2 Å². The molecule has 3 aromatic rings. The minimum atomic E-state index is -4.13. The predicted octanol–water partition coefficient (Wildman–Crippen LogP) is 6.45. The average Bonchev–Trinajstić information content (AvgIpc) is 2.91. The van der Waals surface area contributed by atoms with Gasteiger partial charge in [0.1, 0.15) is 12.6 Å². The molecule has 0 fully saturated rings. The number of hydrogen-bond acceptors (Lipinski definition) is 4. The number of aryl methyl sites for hydroxylation is 1. The number of hydrogen-bond donors (Lipinski definition) is 1. The largest absolute Gasteiger partial charge is 0.354 e. The average molecular weight is 669 g/mol. The van der Waals surface area contributed by atoms with Gasteiger partial charge in [-0.3, -0.25) is 13.9 Å². The van der Waals surface area contributed by atoms with Crippen LogP contribution in [0.3, 0.4) is 0 Å². The molecule has 11 heteroatoms. The van der Waals surface area contributed by atoms with Crippen LogP contribution in [0.25, 0.3) is 0 Å². The van der Waals surface area contributed by atoms with Gasteiger partial charge >= 0.3 is 0 Å². The van der Waals surface area contributed by atoms with Gasteiger partial charge in [0.05, 0.1) is 20.6 Å². The third-order valence-corrected chi connectivity index (χ3v) is 9.25. The van der Waals surface area contributed by atoms with Crippen molar-refractivity contribution >= 4 is 66.7 Å². The lowest BCUT2D eigenvalue weighted by Crippen LogP contribution is -2.51. The van der Waals surface area contributed by atoms with Crippen LogP contribution >= 0.6 is 39.1 Å². The monoisotopic (exact) mass is 667 g/mol. The van der Waals surface area contributed by atoms with E-state index < -0.39 is 28.5 Å². The number of sulfonamides is 1. The highest BCUT2D eigenvalue weighted by Gasteiger charge is 2.32. The van der Waals surface area contributed by atoms with Gasteiger partial charge in [0.15, 0.2) is 0 Å². The Labute approximate surface area is 254 Å². The second kappa shape index (κ2) is 13.9. The fourth-order valence-electron chi connectivity index (χ4n) is 3.84. The van der Waals surface area contributed by atoms with Crippen molar-refractivity contribution in [2.75, 3.05) is 17.4 Å². The van der Waals surface area contributed by atoms with E-state index in [1.54, 1.807) is 61.5 Å². The van der Waals surface area contributed by atoms with E-state index in [2.05, 4.69) is 21.2 Å². The molecule has 0 heterocycles. The first-order valence-electron chi connectivity index (χ1n) is 12.7. The summed E-state index contributed by atoms with van der Waals surface area (Å²) in [7, 11) is -4.13. The molecular formula is C29H32BrCl2N3O4S. The second-order valence-electron chi connectivity index (χ2n) is 9.89. The van der Waals surface area contributed by atoms with Crippen LogP contribution in [0.15, 0.2) is 76.1 Å². The SMILES string of the molecule is Cc1ccc(S(=O)(=O)N(CC(=O)N(Cc2ccc(Cl)c(Cl)c2)[C@H](C)C(=O)NCC(C)C)c2ccc(Br)cc2)cc1. The highest BCUT2D eigenvalue weighted by Crippen LogP contribution is 2.27. The minimum absolute atomic E-state index is 0.0186. The number of halogens is 3. The molecule has 0 bridgehead atoms. The summed E-state index contributed by atoms with van der Waals surface area (Å²) in [5.74, 6) is -0.696. The number of rotatable bonds is 11. The quantitative estimate of drug-likeness (QED) is 0.255. The van der Waals surface area contributed by atoms with Gasteiger partial charge in [0, 0.05) is 17.6 Å². The van der Waals surface area contributed by atoms with Crippen LogP contribution in [-0.2, 0) is 26.2 Å². The van der Waals surface area contributed by atoms with Gasteiger partial charge in [-0.25, -0.2) is 8.42 Å². The standard InChI is InChI=1S/C29H32BrCl2N3O4S/c1-19(2)16-33-29(37)21(4)34(17-22-7-14-26(31)27(32)15-22)28(36)18-35(24-10-8-23(30)9-11-24)40(38,39)25-12-5-20(3)6-13-25/h5-15,19,21H,16-18H2,1-4H3,(H,33,37)/t21-/m1/s1. The lowest BCUT2D eigenvalue weighted by atomic mass is 10.1. The van der Waals surface area contributed by atoms with Crippen LogP contribution in [0.1, 0.15) is 31.9 Å². The number of amides is 2. The van der Waals surface area contributed by atoms with Gasteiger partial charge in [-0.1, -0.05) is 76.7 Å². The lowest BCUT2D eigenvalue weighted by Gasteiger charge is -2.32. The second-order valence-corrected chi connectivity index (χ2v) is 13.5. The number of nitrogens with one attached hydrogen (secondary N) is 1. The van der Waals surface area contributed by atoms with E-state index in [1.165, 1.54) is 17.0 Å². The maximum Gasteiger partial charge on any atom is 0.264 e. The third kappa shape index (κ3) is 8.22.